The molecule has 4 heteroatoms. The average molecular weight is 284 g/mol. The molecule has 0 saturated carbocycles. The van der Waals surface area contributed by atoms with E-state index < -0.39 is 0 Å². The highest BCUT2D eigenvalue weighted by atomic mass is 35.5. The van der Waals surface area contributed by atoms with E-state index >= 15 is 0 Å². The van der Waals surface area contributed by atoms with Crippen LogP contribution in [0.5, 0.6) is 0 Å². The van der Waals surface area contributed by atoms with Crippen molar-refractivity contribution >= 4 is 23.0 Å². The standard InChI is InChI=1S/C16H14ClN3/c17-14-6-8-15(9-7-14)19-16-10-18-20(12-16)11-13-4-2-1-3-5-13/h1-10,12,19H,11H2. The number of rotatable bonds is 4. The van der Waals surface area contributed by atoms with Crippen LogP contribution < -0.4 is 5.32 Å². The normalized spacial score (nSPS) is 10.4. The molecule has 0 atom stereocenters. The second-order valence-electron chi connectivity index (χ2n) is 4.54. The minimum Gasteiger partial charge on any atom is -0.353 e. The van der Waals surface area contributed by atoms with Crippen LogP contribution in [0.25, 0.3) is 0 Å². The van der Waals surface area contributed by atoms with Crippen molar-refractivity contribution in [3.8, 4) is 0 Å². The first-order chi connectivity index (χ1) is 9.79. The molecule has 0 aliphatic carbocycles. The van der Waals surface area contributed by atoms with E-state index in [0.717, 1.165) is 22.9 Å². The fourth-order valence-corrected chi connectivity index (χ4v) is 2.11. The van der Waals surface area contributed by atoms with E-state index in [1.165, 1.54) is 5.56 Å². The van der Waals surface area contributed by atoms with Crippen molar-refractivity contribution in [3.05, 3.63) is 77.6 Å². The van der Waals surface area contributed by atoms with Gasteiger partial charge in [-0.1, -0.05) is 41.9 Å². The van der Waals surface area contributed by atoms with Crippen molar-refractivity contribution in [2.75, 3.05) is 5.32 Å². The molecule has 3 nitrogen and oxygen atoms in total. The van der Waals surface area contributed by atoms with Gasteiger partial charge in [0, 0.05) is 16.9 Å². The summed E-state index contributed by atoms with van der Waals surface area (Å²) in [6, 6.07) is 17.9. The van der Waals surface area contributed by atoms with Gasteiger partial charge < -0.3 is 5.32 Å². The van der Waals surface area contributed by atoms with Gasteiger partial charge in [0.05, 0.1) is 18.4 Å². The molecule has 0 fully saturated rings. The van der Waals surface area contributed by atoms with Crippen molar-refractivity contribution in [2.45, 2.75) is 6.54 Å². The fourth-order valence-electron chi connectivity index (χ4n) is 1.98. The minimum atomic E-state index is 0.732. The Labute approximate surface area is 122 Å². The third kappa shape index (κ3) is 3.19. The highest BCUT2D eigenvalue weighted by Crippen LogP contribution is 2.18. The lowest BCUT2D eigenvalue weighted by Crippen LogP contribution is -1.99. The summed E-state index contributed by atoms with van der Waals surface area (Å²) in [4.78, 5) is 0. The lowest BCUT2D eigenvalue weighted by Gasteiger charge is -2.03. The number of anilines is 2. The Morgan fingerprint density at radius 3 is 2.45 bits per heavy atom. The summed E-state index contributed by atoms with van der Waals surface area (Å²) in [6.45, 7) is 0.767. The van der Waals surface area contributed by atoms with Gasteiger partial charge in [-0.15, -0.1) is 0 Å². The van der Waals surface area contributed by atoms with Crippen LogP contribution in [-0.2, 0) is 6.54 Å². The molecule has 20 heavy (non-hydrogen) atoms. The molecule has 1 heterocycles. The first kappa shape index (κ1) is 12.8. The molecule has 1 aromatic heterocycles. The number of halogens is 1. The molecule has 0 bridgehead atoms. The van der Waals surface area contributed by atoms with Crippen LogP contribution in [0.3, 0.4) is 0 Å². The van der Waals surface area contributed by atoms with Gasteiger partial charge in [0.15, 0.2) is 0 Å². The van der Waals surface area contributed by atoms with Gasteiger partial charge in [0.1, 0.15) is 0 Å². The number of benzene rings is 2. The Kier molecular flexibility index (Phi) is 3.70. The molecular formula is C16H14ClN3. The highest BCUT2D eigenvalue weighted by Gasteiger charge is 2.00. The van der Waals surface area contributed by atoms with Crippen LogP contribution in [0.4, 0.5) is 11.4 Å². The summed E-state index contributed by atoms with van der Waals surface area (Å²) < 4.78 is 1.91. The Morgan fingerprint density at radius 2 is 1.70 bits per heavy atom. The maximum atomic E-state index is 5.86. The summed E-state index contributed by atoms with van der Waals surface area (Å²) in [7, 11) is 0. The molecule has 0 unspecified atom stereocenters. The zero-order chi connectivity index (χ0) is 13.8. The number of hydrogen-bond donors (Lipinski definition) is 1. The van der Waals surface area contributed by atoms with Crippen LogP contribution >= 0.6 is 11.6 Å². The topological polar surface area (TPSA) is 29.9 Å². The quantitative estimate of drug-likeness (QED) is 0.772. The molecule has 0 saturated heterocycles. The van der Waals surface area contributed by atoms with E-state index in [9.17, 15) is 0 Å². The van der Waals surface area contributed by atoms with E-state index in [2.05, 4.69) is 22.5 Å². The van der Waals surface area contributed by atoms with E-state index in [4.69, 9.17) is 11.6 Å². The molecular weight excluding hydrogens is 270 g/mol. The van der Waals surface area contributed by atoms with Crippen LogP contribution in [-0.4, -0.2) is 9.78 Å². The van der Waals surface area contributed by atoms with Crippen molar-refractivity contribution in [3.63, 3.8) is 0 Å². The fraction of sp³-hybridized carbons (Fsp3) is 0.0625. The molecule has 2 aromatic carbocycles. The van der Waals surface area contributed by atoms with E-state index in [1.807, 2.05) is 59.5 Å². The highest BCUT2D eigenvalue weighted by molar-refractivity contribution is 6.30. The molecule has 100 valence electrons. The molecule has 3 rings (SSSR count). The monoisotopic (exact) mass is 283 g/mol. The minimum absolute atomic E-state index is 0.732. The van der Waals surface area contributed by atoms with Gasteiger partial charge in [0.25, 0.3) is 0 Å². The van der Waals surface area contributed by atoms with Crippen LogP contribution in [0, 0.1) is 0 Å². The lowest BCUT2D eigenvalue weighted by molar-refractivity contribution is 0.687. The molecule has 1 N–H and O–H groups in total. The second-order valence-corrected chi connectivity index (χ2v) is 4.98. The molecule has 0 spiro atoms. The Bertz CT molecular complexity index is 674. The van der Waals surface area contributed by atoms with Gasteiger partial charge in [0.2, 0.25) is 0 Å². The Morgan fingerprint density at radius 1 is 0.950 bits per heavy atom. The Balaban J connectivity index is 1.69. The van der Waals surface area contributed by atoms with Gasteiger partial charge in [-0.3, -0.25) is 4.68 Å². The largest absolute Gasteiger partial charge is 0.353 e. The third-order valence-corrected chi connectivity index (χ3v) is 3.21. The third-order valence-electron chi connectivity index (χ3n) is 2.95. The van der Waals surface area contributed by atoms with Gasteiger partial charge >= 0.3 is 0 Å². The van der Waals surface area contributed by atoms with Crippen LogP contribution in [0.15, 0.2) is 67.0 Å². The maximum Gasteiger partial charge on any atom is 0.0770 e. The number of nitrogens with zero attached hydrogens (tertiary/aromatic N) is 2. The molecule has 0 aliphatic heterocycles. The van der Waals surface area contributed by atoms with Crippen molar-refractivity contribution in [2.24, 2.45) is 0 Å². The molecule has 0 aliphatic rings. The summed E-state index contributed by atoms with van der Waals surface area (Å²) in [6.07, 6.45) is 3.80. The second kappa shape index (κ2) is 5.80. The maximum absolute atomic E-state index is 5.86. The summed E-state index contributed by atoms with van der Waals surface area (Å²) in [5.41, 5.74) is 3.19. The van der Waals surface area contributed by atoms with E-state index in [0.29, 0.717) is 0 Å². The van der Waals surface area contributed by atoms with E-state index in [1.54, 1.807) is 0 Å². The summed E-state index contributed by atoms with van der Waals surface area (Å²) in [5.74, 6) is 0. The first-order valence-corrected chi connectivity index (χ1v) is 6.76. The van der Waals surface area contributed by atoms with Crippen molar-refractivity contribution in [1.29, 1.82) is 0 Å². The zero-order valence-corrected chi connectivity index (χ0v) is 11.6. The molecule has 0 radical (unpaired) electrons. The SMILES string of the molecule is Clc1ccc(Nc2cnn(Cc3ccccc3)c2)cc1. The summed E-state index contributed by atoms with van der Waals surface area (Å²) in [5, 5.41) is 8.38. The van der Waals surface area contributed by atoms with Gasteiger partial charge in [-0.05, 0) is 29.8 Å². The number of aromatic nitrogens is 2. The lowest BCUT2D eigenvalue weighted by atomic mass is 10.2. The Hall–Kier alpha value is -2.26. The smallest absolute Gasteiger partial charge is 0.0770 e. The molecule has 0 amide bonds. The first-order valence-electron chi connectivity index (χ1n) is 6.38. The zero-order valence-electron chi connectivity index (χ0n) is 10.8. The van der Waals surface area contributed by atoms with Crippen molar-refractivity contribution in [1.82, 2.24) is 9.78 Å². The van der Waals surface area contributed by atoms with Gasteiger partial charge in [-0.2, -0.15) is 5.10 Å². The average Bonchev–Trinajstić information content (AvgIpc) is 2.90. The number of nitrogens with one attached hydrogen (secondary N) is 1. The van der Waals surface area contributed by atoms with Crippen LogP contribution in [0.1, 0.15) is 5.56 Å². The molecule has 3 aromatic rings. The van der Waals surface area contributed by atoms with Gasteiger partial charge in [-0.25, -0.2) is 0 Å². The summed E-state index contributed by atoms with van der Waals surface area (Å²) >= 11 is 5.86. The van der Waals surface area contributed by atoms with E-state index in [-0.39, 0.29) is 0 Å². The van der Waals surface area contributed by atoms with Crippen molar-refractivity contribution < 1.29 is 0 Å². The number of hydrogen-bond acceptors (Lipinski definition) is 2. The van der Waals surface area contributed by atoms with Crippen LogP contribution in [0.2, 0.25) is 5.02 Å². The predicted molar refractivity (Wildman–Crippen MR) is 82.5 cm³/mol. The predicted octanol–water partition coefficient (Wildman–Crippen LogP) is 4.33.